The van der Waals surface area contributed by atoms with E-state index in [1.807, 2.05) is 0 Å². The number of anilines is 1. The van der Waals surface area contributed by atoms with Crippen molar-refractivity contribution >= 4 is 11.3 Å². The zero-order chi connectivity index (χ0) is 13.9. The van der Waals surface area contributed by atoms with Crippen molar-refractivity contribution in [1.82, 2.24) is 5.32 Å². The molecule has 0 spiro atoms. The van der Waals surface area contributed by atoms with Crippen LogP contribution >= 0.6 is 0 Å². The SMILES string of the molecule is CCC(C1CCCNC1)N1CC=C(C)c2ccccc21. The Morgan fingerprint density at radius 1 is 1.35 bits per heavy atom. The predicted octanol–water partition coefficient (Wildman–Crippen LogP) is 3.69. The molecule has 2 heterocycles. The molecule has 2 aliphatic heterocycles. The number of hydrogen-bond acceptors (Lipinski definition) is 2. The Balaban J connectivity index is 1.89. The molecule has 3 rings (SSSR count). The van der Waals surface area contributed by atoms with Crippen molar-refractivity contribution < 1.29 is 0 Å². The quantitative estimate of drug-likeness (QED) is 0.901. The Bertz CT molecular complexity index is 486. The summed E-state index contributed by atoms with van der Waals surface area (Å²) in [6.07, 6.45) is 6.31. The van der Waals surface area contributed by atoms with Gasteiger partial charge in [0.1, 0.15) is 0 Å². The molecule has 1 N–H and O–H groups in total. The van der Waals surface area contributed by atoms with Gasteiger partial charge in [-0.2, -0.15) is 0 Å². The maximum Gasteiger partial charge on any atom is 0.0447 e. The first kappa shape index (κ1) is 13.7. The minimum atomic E-state index is 0.660. The second-order valence-electron chi connectivity index (χ2n) is 6.14. The summed E-state index contributed by atoms with van der Waals surface area (Å²) in [4.78, 5) is 2.64. The van der Waals surface area contributed by atoms with Crippen molar-refractivity contribution in [3.8, 4) is 0 Å². The summed E-state index contributed by atoms with van der Waals surface area (Å²) in [6.45, 7) is 8.02. The lowest BCUT2D eigenvalue weighted by molar-refractivity contribution is 0.306. The van der Waals surface area contributed by atoms with Gasteiger partial charge in [0.05, 0.1) is 0 Å². The van der Waals surface area contributed by atoms with Crippen molar-refractivity contribution in [3.63, 3.8) is 0 Å². The van der Waals surface area contributed by atoms with Crippen LogP contribution in [0.25, 0.3) is 5.57 Å². The number of benzene rings is 1. The van der Waals surface area contributed by atoms with Crippen LogP contribution in [0.1, 0.15) is 38.7 Å². The van der Waals surface area contributed by atoms with Crippen LogP contribution in [0.5, 0.6) is 0 Å². The van der Waals surface area contributed by atoms with E-state index < -0.39 is 0 Å². The normalized spacial score (nSPS) is 24.0. The van der Waals surface area contributed by atoms with Gasteiger partial charge in [0.25, 0.3) is 0 Å². The summed E-state index contributed by atoms with van der Waals surface area (Å²) in [5.74, 6) is 0.786. The molecule has 0 aliphatic carbocycles. The Labute approximate surface area is 122 Å². The molecule has 2 nitrogen and oxygen atoms in total. The second kappa shape index (κ2) is 6.01. The first-order chi connectivity index (χ1) is 9.81. The van der Waals surface area contributed by atoms with Gasteiger partial charge in [-0.1, -0.05) is 31.2 Å². The molecule has 1 saturated heterocycles. The van der Waals surface area contributed by atoms with Crippen LogP contribution in [0.3, 0.4) is 0 Å². The average molecular weight is 270 g/mol. The van der Waals surface area contributed by atoms with E-state index in [1.165, 1.54) is 49.2 Å². The van der Waals surface area contributed by atoms with Gasteiger partial charge >= 0.3 is 0 Å². The van der Waals surface area contributed by atoms with Crippen molar-refractivity contribution in [3.05, 3.63) is 35.9 Å². The molecule has 0 amide bonds. The highest BCUT2D eigenvalue weighted by atomic mass is 15.2. The average Bonchev–Trinajstić information content (AvgIpc) is 2.52. The van der Waals surface area contributed by atoms with Gasteiger partial charge in [0.2, 0.25) is 0 Å². The van der Waals surface area contributed by atoms with Crippen molar-refractivity contribution in [2.45, 2.75) is 39.2 Å². The maximum absolute atomic E-state index is 3.58. The van der Waals surface area contributed by atoms with Crippen molar-refractivity contribution in [2.75, 3.05) is 24.5 Å². The lowest BCUT2D eigenvalue weighted by Gasteiger charge is -2.42. The van der Waals surface area contributed by atoms with Gasteiger partial charge in [0.15, 0.2) is 0 Å². The molecule has 2 atom stereocenters. The van der Waals surface area contributed by atoms with Crippen molar-refractivity contribution in [2.24, 2.45) is 5.92 Å². The van der Waals surface area contributed by atoms with Gasteiger partial charge in [-0.3, -0.25) is 0 Å². The summed E-state index contributed by atoms with van der Waals surface area (Å²) < 4.78 is 0. The molecule has 1 fully saturated rings. The molecule has 2 aliphatic rings. The molecule has 108 valence electrons. The highest BCUT2D eigenvalue weighted by Gasteiger charge is 2.29. The first-order valence-corrected chi connectivity index (χ1v) is 8.04. The third-order valence-corrected chi connectivity index (χ3v) is 4.93. The van der Waals surface area contributed by atoms with E-state index in [4.69, 9.17) is 0 Å². The highest BCUT2D eigenvalue weighted by Crippen LogP contribution is 2.35. The minimum Gasteiger partial charge on any atom is -0.364 e. The number of hydrogen-bond donors (Lipinski definition) is 1. The molecule has 0 bridgehead atoms. The number of para-hydroxylation sites is 1. The highest BCUT2D eigenvalue weighted by molar-refractivity contribution is 5.79. The van der Waals surface area contributed by atoms with E-state index in [1.54, 1.807) is 0 Å². The van der Waals surface area contributed by atoms with E-state index in [-0.39, 0.29) is 0 Å². The third-order valence-electron chi connectivity index (χ3n) is 4.93. The molecule has 2 heteroatoms. The molecule has 2 unspecified atom stereocenters. The largest absolute Gasteiger partial charge is 0.364 e. The summed E-state index contributed by atoms with van der Waals surface area (Å²) in [7, 11) is 0. The molecule has 0 aromatic heterocycles. The number of nitrogens with zero attached hydrogens (tertiary/aromatic N) is 1. The van der Waals surface area contributed by atoms with E-state index in [0.29, 0.717) is 6.04 Å². The fourth-order valence-corrected chi connectivity index (χ4v) is 3.83. The molecule has 0 saturated carbocycles. The molecule has 0 radical (unpaired) electrons. The van der Waals surface area contributed by atoms with Gasteiger partial charge < -0.3 is 10.2 Å². The molecule has 1 aromatic rings. The molecule has 20 heavy (non-hydrogen) atoms. The number of nitrogens with one attached hydrogen (secondary N) is 1. The zero-order valence-corrected chi connectivity index (χ0v) is 12.7. The van der Waals surface area contributed by atoms with Gasteiger partial charge in [-0.05, 0) is 56.8 Å². The Morgan fingerprint density at radius 3 is 2.95 bits per heavy atom. The van der Waals surface area contributed by atoms with E-state index in [0.717, 1.165) is 12.5 Å². The molecular weight excluding hydrogens is 244 g/mol. The zero-order valence-electron chi connectivity index (χ0n) is 12.7. The van der Waals surface area contributed by atoms with Gasteiger partial charge in [0, 0.05) is 23.8 Å². The number of allylic oxidation sites excluding steroid dienone is 1. The van der Waals surface area contributed by atoms with E-state index >= 15 is 0 Å². The lowest BCUT2D eigenvalue weighted by atomic mass is 9.87. The Hall–Kier alpha value is -1.28. The topological polar surface area (TPSA) is 15.3 Å². The maximum atomic E-state index is 3.58. The smallest absolute Gasteiger partial charge is 0.0447 e. The summed E-state index contributed by atoms with van der Waals surface area (Å²) in [6, 6.07) is 9.55. The van der Waals surface area contributed by atoms with Crippen LogP contribution in [0.2, 0.25) is 0 Å². The Kier molecular flexibility index (Phi) is 4.11. The standard InChI is InChI=1S/C18H26N2/c1-3-17(15-7-6-11-19-13-15)20-12-10-14(2)16-8-4-5-9-18(16)20/h4-5,8-10,15,17,19H,3,6-7,11-13H2,1-2H3. The van der Waals surface area contributed by atoms with E-state index in [9.17, 15) is 0 Å². The lowest BCUT2D eigenvalue weighted by Crippen LogP contribution is -2.47. The fraction of sp³-hybridized carbons (Fsp3) is 0.556. The van der Waals surface area contributed by atoms with Crippen molar-refractivity contribution in [1.29, 1.82) is 0 Å². The van der Waals surface area contributed by atoms with Crippen LogP contribution in [0.4, 0.5) is 5.69 Å². The summed E-state index contributed by atoms with van der Waals surface area (Å²) in [5, 5.41) is 3.58. The van der Waals surface area contributed by atoms with Gasteiger partial charge in [-0.25, -0.2) is 0 Å². The molecular formula is C18H26N2. The Morgan fingerprint density at radius 2 is 2.20 bits per heavy atom. The minimum absolute atomic E-state index is 0.660. The second-order valence-corrected chi connectivity index (χ2v) is 6.14. The first-order valence-electron chi connectivity index (χ1n) is 8.04. The van der Waals surface area contributed by atoms with Crippen LogP contribution in [-0.2, 0) is 0 Å². The van der Waals surface area contributed by atoms with Crippen LogP contribution in [0.15, 0.2) is 30.3 Å². The van der Waals surface area contributed by atoms with E-state index in [2.05, 4.69) is 54.4 Å². The fourth-order valence-electron chi connectivity index (χ4n) is 3.83. The number of rotatable bonds is 3. The molecule has 1 aromatic carbocycles. The number of fused-ring (bicyclic) bond motifs is 1. The van der Waals surface area contributed by atoms with Crippen LogP contribution < -0.4 is 10.2 Å². The summed E-state index contributed by atoms with van der Waals surface area (Å²) >= 11 is 0. The summed E-state index contributed by atoms with van der Waals surface area (Å²) in [5.41, 5.74) is 4.28. The number of piperidine rings is 1. The van der Waals surface area contributed by atoms with Crippen LogP contribution in [-0.4, -0.2) is 25.7 Å². The third kappa shape index (κ3) is 2.49. The predicted molar refractivity (Wildman–Crippen MR) is 87.1 cm³/mol. The van der Waals surface area contributed by atoms with Gasteiger partial charge in [-0.15, -0.1) is 0 Å². The van der Waals surface area contributed by atoms with Crippen LogP contribution in [0, 0.1) is 5.92 Å². The monoisotopic (exact) mass is 270 g/mol.